The van der Waals surface area contributed by atoms with Crippen LogP contribution < -0.4 is 5.32 Å². The molecule has 24 heavy (non-hydrogen) atoms. The fourth-order valence-electron chi connectivity index (χ4n) is 2.18. The molecule has 2 rings (SSSR count). The highest BCUT2D eigenvalue weighted by atomic mass is 35.5. The monoisotopic (exact) mass is 350 g/mol. The molecule has 1 unspecified atom stereocenters. The largest absolute Gasteiger partial charge is 0.463 e. The maximum absolute atomic E-state index is 12.3. The number of aromatic nitrogens is 1. The van der Waals surface area contributed by atoms with Crippen molar-refractivity contribution in [2.75, 3.05) is 0 Å². The summed E-state index contributed by atoms with van der Waals surface area (Å²) in [5, 5.41) is 6.89. The molecule has 1 N–H and O–H groups in total. The van der Waals surface area contributed by atoms with E-state index in [0.29, 0.717) is 16.3 Å². The second kappa shape index (κ2) is 7.97. The van der Waals surface area contributed by atoms with Crippen LogP contribution in [0.15, 0.2) is 34.9 Å². The van der Waals surface area contributed by atoms with E-state index < -0.39 is 17.9 Å². The number of amides is 1. The summed E-state index contributed by atoms with van der Waals surface area (Å²) in [6.07, 6.45) is -0.275. The van der Waals surface area contributed by atoms with Gasteiger partial charge in [-0.2, -0.15) is 0 Å². The average molecular weight is 351 g/mol. The molecule has 0 aliphatic carbocycles. The van der Waals surface area contributed by atoms with E-state index in [1.54, 1.807) is 45.0 Å². The predicted octanol–water partition coefficient (Wildman–Crippen LogP) is 3.45. The van der Waals surface area contributed by atoms with Gasteiger partial charge < -0.3 is 14.6 Å². The molecule has 1 aromatic carbocycles. The number of esters is 1. The Labute approximate surface area is 145 Å². The molecule has 0 saturated carbocycles. The third kappa shape index (κ3) is 4.83. The van der Waals surface area contributed by atoms with Gasteiger partial charge in [-0.25, -0.2) is 0 Å². The number of carbonyl (C=O) groups excluding carboxylic acids is 2. The zero-order chi connectivity index (χ0) is 17.7. The number of hydrogen-bond acceptors (Lipinski definition) is 5. The molecule has 0 saturated heterocycles. The quantitative estimate of drug-likeness (QED) is 0.807. The molecular weight excluding hydrogens is 332 g/mol. The molecule has 1 atom stereocenters. The molecule has 2 aromatic rings. The normalized spacial score (nSPS) is 12.0. The van der Waals surface area contributed by atoms with Crippen molar-refractivity contribution in [1.29, 1.82) is 0 Å². The number of halogens is 1. The maximum atomic E-state index is 12.3. The van der Waals surface area contributed by atoms with Crippen molar-refractivity contribution in [3.63, 3.8) is 0 Å². The summed E-state index contributed by atoms with van der Waals surface area (Å²) in [7, 11) is 0. The van der Waals surface area contributed by atoms with Gasteiger partial charge in [0.1, 0.15) is 5.76 Å². The standard InChI is InChI=1S/C17H19ClN2O4/c1-10(2)23-16(21)9-14(12-6-4-5-7-13(12)18)19-17(22)15-8-11(3)24-20-15/h4-8,10,14H,9H2,1-3H3,(H,19,22). The van der Waals surface area contributed by atoms with Crippen molar-refractivity contribution in [3.8, 4) is 0 Å². The van der Waals surface area contributed by atoms with E-state index >= 15 is 0 Å². The second-order valence-corrected chi connectivity index (χ2v) is 6.02. The van der Waals surface area contributed by atoms with Crippen LogP contribution >= 0.6 is 11.6 Å². The van der Waals surface area contributed by atoms with Gasteiger partial charge in [0, 0.05) is 11.1 Å². The number of carbonyl (C=O) groups is 2. The van der Waals surface area contributed by atoms with Crippen LogP contribution in [-0.2, 0) is 9.53 Å². The number of aryl methyl sites for hydroxylation is 1. The first-order chi connectivity index (χ1) is 11.4. The first-order valence-electron chi connectivity index (χ1n) is 7.55. The van der Waals surface area contributed by atoms with Gasteiger partial charge in [0.2, 0.25) is 0 Å². The van der Waals surface area contributed by atoms with Gasteiger partial charge in [0.05, 0.1) is 18.6 Å². The van der Waals surface area contributed by atoms with Crippen molar-refractivity contribution >= 4 is 23.5 Å². The SMILES string of the molecule is Cc1cc(C(=O)NC(CC(=O)OC(C)C)c2ccccc2Cl)no1. The van der Waals surface area contributed by atoms with Crippen molar-refractivity contribution < 1.29 is 18.8 Å². The highest BCUT2D eigenvalue weighted by molar-refractivity contribution is 6.31. The Morgan fingerprint density at radius 3 is 2.62 bits per heavy atom. The van der Waals surface area contributed by atoms with Crippen LogP contribution in [0, 0.1) is 6.92 Å². The second-order valence-electron chi connectivity index (χ2n) is 5.61. The molecule has 1 aromatic heterocycles. The Balaban J connectivity index is 2.21. The lowest BCUT2D eigenvalue weighted by Crippen LogP contribution is -2.31. The first kappa shape index (κ1) is 18.0. The van der Waals surface area contributed by atoms with E-state index in [0.717, 1.165) is 0 Å². The molecule has 0 radical (unpaired) electrons. The predicted molar refractivity (Wildman–Crippen MR) is 88.7 cm³/mol. The lowest BCUT2D eigenvalue weighted by molar-refractivity contribution is -0.147. The minimum atomic E-state index is -0.630. The van der Waals surface area contributed by atoms with E-state index in [4.69, 9.17) is 20.9 Å². The Kier molecular flexibility index (Phi) is 5.98. The van der Waals surface area contributed by atoms with Crippen LogP contribution in [-0.4, -0.2) is 23.1 Å². The number of hydrogen-bond donors (Lipinski definition) is 1. The van der Waals surface area contributed by atoms with Crippen LogP contribution in [0.4, 0.5) is 0 Å². The molecule has 0 bridgehead atoms. The zero-order valence-corrected chi connectivity index (χ0v) is 14.5. The van der Waals surface area contributed by atoms with Gasteiger partial charge in [0.25, 0.3) is 5.91 Å². The van der Waals surface area contributed by atoms with Gasteiger partial charge in [-0.15, -0.1) is 0 Å². The van der Waals surface area contributed by atoms with Gasteiger partial charge in [0.15, 0.2) is 5.69 Å². The molecular formula is C17H19ClN2O4. The molecule has 0 spiro atoms. The van der Waals surface area contributed by atoms with Gasteiger partial charge in [-0.1, -0.05) is 35.0 Å². The third-order valence-corrected chi connectivity index (χ3v) is 3.53. The Hall–Kier alpha value is -2.34. The van der Waals surface area contributed by atoms with E-state index in [2.05, 4.69) is 10.5 Å². The van der Waals surface area contributed by atoms with Crippen molar-refractivity contribution in [2.45, 2.75) is 39.3 Å². The Bertz CT molecular complexity index is 727. The molecule has 1 heterocycles. The summed E-state index contributed by atoms with van der Waals surface area (Å²) in [5.74, 6) is -0.352. The van der Waals surface area contributed by atoms with Crippen molar-refractivity contribution in [3.05, 3.63) is 52.4 Å². The van der Waals surface area contributed by atoms with E-state index in [-0.39, 0.29) is 18.2 Å². The van der Waals surface area contributed by atoms with Crippen LogP contribution in [0.5, 0.6) is 0 Å². The van der Waals surface area contributed by atoms with Crippen LogP contribution in [0.25, 0.3) is 0 Å². The van der Waals surface area contributed by atoms with Crippen LogP contribution in [0.3, 0.4) is 0 Å². The fourth-order valence-corrected chi connectivity index (χ4v) is 2.45. The molecule has 1 amide bonds. The number of benzene rings is 1. The third-order valence-electron chi connectivity index (χ3n) is 3.18. The van der Waals surface area contributed by atoms with Crippen LogP contribution in [0.2, 0.25) is 5.02 Å². The van der Waals surface area contributed by atoms with Crippen molar-refractivity contribution in [2.24, 2.45) is 0 Å². The Morgan fingerprint density at radius 1 is 1.33 bits per heavy atom. The van der Waals surface area contributed by atoms with Gasteiger partial charge >= 0.3 is 5.97 Å². The minimum absolute atomic E-state index is 0.0372. The van der Waals surface area contributed by atoms with E-state index in [1.165, 1.54) is 6.07 Å². The van der Waals surface area contributed by atoms with Crippen LogP contribution in [0.1, 0.15) is 48.1 Å². The molecule has 0 aliphatic rings. The van der Waals surface area contributed by atoms with E-state index in [1.807, 2.05) is 0 Å². The number of nitrogens with zero attached hydrogens (tertiary/aromatic N) is 1. The molecule has 128 valence electrons. The highest BCUT2D eigenvalue weighted by Crippen LogP contribution is 2.26. The number of ether oxygens (including phenoxy) is 1. The highest BCUT2D eigenvalue weighted by Gasteiger charge is 2.23. The Morgan fingerprint density at radius 2 is 2.04 bits per heavy atom. The maximum Gasteiger partial charge on any atom is 0.308 e. The van der Waals surface area contributed by atoms with Gasteiger partial charge in [-0.05, 0) is 32.4 Å². The smallest absolute Gasteiger partial charge is 0.308 e. The number of rotatable bonds is 6. The summed E-state index contributed by atoms with van der Waals surface area (Å²) in [5.41, 5.74) is 0.773. The summed E-state index contributed by atoms with van der Waals surface area (Å²) < 4.78 is 10.1. The van der Waals surface area contributed by atoms with Crippen molar-refractivity contribution in [1.82, 2.24) is 10.5 Å². The van der Waals surface area contributed by atoms with E-state index in [9.17, 15) is 9.59 Å². The summed E-state index contributed by atoms with van der Waals surface area (Å²) in [4.78, 5) is 24.3. The average Bonchev–Trinajstić information content (AvgIpc) is 2.93. The topological polar surface area (TPSA) is 81.4 Å². The molecule has 0 fully saturated rings. The summed E-state index contributed by atoms with van der Waals surface area (Å²) >= 11 is 6.20. The first-order valence-corrected chi connectivity index (χ1v) is 7.92. The summed E-state index contributed by atoms with van der Waals surface area (Å²) in [6, 6.07) is 7.90. The lowest BCUT2D eigenvalue weighted by Gasteiger charge is -2.19. The lowest BCUT2D eigenvalue weighted by atomic mass is 10.0. The minimum Gasteiger partial charge on any atom is -0.463 e. The molecule has 7 heteroatoms. The molecule has 0 aliphatic heterocycles. The molecule has 6 nitrogen and oxygen atoms in total. The fraction of sp³-hybridized carbons (Fsp3) is 0.353. The van der Waals surface area contributed by atoms with Gasteiger partial charge in [-0.3, -0.25) is 9.59 Å². The summed E-state index contributed by atoms with van der Waals surface area (Å²) in [6.45, 7) is 5.22. The zero-order valence-electron chi connectivity index (χ0n) is 13.7. The number of nitrogens with one attached hydrogen (secondary N) is 1.